The average Bonchev–Trinajstić information content (AvgIpc) is 2.87. The highest BCUT2D eigenvalue weighted by atomic mass is 35.5. The van der Waals surface area contributed by atoms with E-state index in [1.807, 2.05) is 0 Å². The number of sulfonamides is 1. The van der Waals surface area contributed by atoms with Crippen molar-refractivity contribution >= 4 is 43.6 Å². The normalized spacial score (nSPS) is 12.0. The van der Waals surface area contributed by atoms with Gasteiger partial charge >= 0.3 is 0 Å². The first-order valence-corrected chi connectivity index (χ1v) is 8.76. The van der Waals surface area contributed by atoms with E-state index in [9.17, 15) is 12.8 Å². The number of benzene rings is 1. The van der Waals surface area contributed by atoms with Crippen LogP contribution in [0.25, 0.3) is 4.96 Å². The molecule has 0 aliphatic rings. The maximum absolute atomic E-state index is 13.7. The molecule has 0 aliphatic heterocycles. The first kappa shape index (κ1) is 15.2. The van der Waals surface area contributed by atoms with Crippen molar-refractivity contribution in [2.45, 2.75) is 18.9 Å². The Morgan fingerprint density at radius 3 is 2.82 bits per heavy atom. The van der Waals surface area contributed by atoms with Crippen molar-refractivity contribution in [2.24, 2.45) is 0 Å². The summed E-state index contributed by atoms with van der Waals surface area (Å²) >= 11 is 7.04. The van der Waals surface area contributed by atoms with Crippen LogP contribution in [0.15, 0.2) is 23.2 Å². The van der Waals surface area contributed by atoms with E-state index < -0.39 is 15.8 Å². The number of nitrogens with one attached hydrogen (secondary N) is 1. The van der Waals surface area contributed by atoms with Crippen molar-refractivity contribution in [2.75, 3.05) is 4.72 Å². The fourth-order valence-electron chi connectivity index (χ4n) is 2.00. The highest BCUT2D eigenvalue weighted by Crippen LogP contribution is 2.26. The molecular weight excluding hydrogens is 351 g/mol. The van der Waals surface area contributed by atoms with Crippen molar-refractivity contribution in [3.05, 3.63) is 39.7 Å². The van der Waals surface area contributed by atoms with Gasteiger partial charge in [0.2, 0.25) is 9.99 Å². The molecule has 0 fully saturated rings. The van der Waals surface area contributed by atoms with Gasteiger partial charge in [0, 0.05) is 5.02 Å². The molecule has 0 radical (unpaired) electrons. The Labute approximate surface area is 134 Å². The van der Waals surface area contributed by atoms with E-state index in [4.69, 9.17) is 11.6 Å². The van der Waals surface area contributed by atoms with Gasteiger partial charge in [0.15, 0.2) is 0 Å². The summed E-state index contributed by atoms with van der Waals surface area (Å²) in [6.45, 7) is 3.30. The van der Waals surface area contributed by atoms with Gasteiger partial charge in [-0.1, -0.05) is 22.9 Å². The van der Waals surface area contributed by atoms with Crippen LogP contribution in [-0.2, 0) is 10.0 Å². The number of fused-ring (bicyclic) bond motifs is 1. The highest BCUT2D eigenvalue weighted by Gasteiger charge is 2.26. The summed E-state index contributed by atoms with van der Waals surface area (Å²) in [6, 6.07) is 3.63. The van der Waals surface area contributed by atoms with Gasteiger partial charge in [0.25, 0.3) is 10.0 Å². The molecule has 6 nitrogen and oxygen atoms in total. The third-order valence-electron chi connectivity index (χ3n) is 2.85. The molecule has 116 valence electrons. The quantitative estimate of drug-likeness (QED) is 0.779. The zero-order chi connectivity index (χ0) is 16.1. The van der Waals surface area contributed by atoms with Crippen LogP contribution in [0.2, 0.25) is 5.02 Å². The Morgan fingerprint density at radius 2 is 2.09 bits per heavy atom. The monoisotopic (exact) mass is 360 g/mol. The maximum Gasteiger partial charge on any atom is 0.281 e. The number of hydrogen-bond acceptors (Lipinski definition) is 5. The van der Waals surface area contributed by atoms with E-state index in [1.54, 1.807) is 13.8 Å². The van der Waals surface area contributed by atoms with Crippen LogP contribution >= 0.6 is 22.9 Å². The minimum atomic E-state index is -4.06. The van der Waals surface area contributed by atoms with Crippen molar-refractivity contribution < 1.29 is 12.8 Å². The molecular formula is C12H10ClFN4O2S2. The number of anilines is 1. The van der Waals surface area contributed by atoms with E-state index in [2.05, 4.69) is 14.8 Å². The third-order valence-corrected chi connectivity index (χ3v) is 5.38. The van der Waals surface area contributed by atoms with Crippen LogP contribution in [0.5, 0.6) is 0 Å². The number of nitrogens with zero attached hydrogens (tertiary/aromatic N) is 3. The number of hydrogen-bond donors (Lipinski definition) is 1. The molecule has 3 rings (SSSR count). The first-order chi connectivity index (χ1) is 10.3. The van der Waals surface area contributed by atoms with Crippen molar-refractivity contribution in [3.63, 3.8) is 0 Å². The Balaban J connectivity index is 2.12. The molecule has 0 spiro atoms. The Hall–Kier alpha value is -1.71. The van der Waals surface area contributed by atoms with Crippen LogP contribution in [0.1, 0.15) is 10.7 Å². The Morgan fingerprint density at radius 1 is 1.36 bits per heavy atom. The lowest BCUT2D eigenvalue weighted by Gasteiger charge is -2.08. The van der Waals surface area contributed by atoms with Crippen LogP contribution < -0.4 is 4.72 Å². The lowest BCUT2D eigenvalue weighted by molar-refractivity contribution is 0.590. The van der Waals surface area contributed by atoms with E-state index in [0.717, 1.165) is 6.07 Å². The van der Waals surface area contributed by atoms with Gasteiger partial charge in [-0.3, -0.25) is 4.72 Å². The molecule has 0 atom stereocenters. The second-order valence-electron chi connectivity index (χ2n) is 4.55. The smallest absolute Gasteiger partial charge is 0.275 e. The van der Waals surface area contributed by atoms with E-state index in [0.29, 0.717) is 9.97 Å². The van der Waals surface area contributed by atoms with Gasteiger partial charge in [-0.2, -0.15) is 18.0 Å². The van der Waals surface area contributed by atoms with Crippen molar-refractivity contribution in [3.8, 4) is 0 Å². The molecule has 2 aromatic heterocycles. The molecule has 0 bridgehead atoms. The molecule has 22 heavy (non-hydrogen) atoms. The average molecular weight is 361 g/mol. The van der Waals surface area contributed by atoms with Gasteiger partial charge < -0.3 is 0 Å². The summed E-state index contributed by atoms with van der Waals surface area (Å²) in [5.41, 5.74) is 0.0579. The predicted molar refractivity (Wildman–Crippen MR) is 82.6 cm³/mol. The molecule has 3 aromatic rings. The lowest BCUT2D eigenvalue weighted by Crippen LogP contribution is -2.17. The molecule has 0 saturated heterocycles. The number of halogens is 2. The SMILES string of the molecule is Cc1nn2c(S(=O)(=O)Nc3cc(Cl)ccc3F)c(C)nc2s1. The van der Waals surface area contributed by atoms with Gasteiger partial charge in [-0.25, -0.2) is 9.37 Å². The highest BCUT2D eigenvalue weighted by molar-refractivity contribution is 7.92. The lowest BCUT2D eigenvalue weighted by atomic mass is 10.3. The summed E-state index contributed by atoms with van der Waals surface area (Å²) in [4.78, 5) is 4.62. The van der Waals surface area contributed by atoms with E-state index in [1.165, 1.54) is 28.0 Å². The summed E-state index contributed by atoms with van der Waals surface area (Å²) < 4.78 is 42.3. The van der Waals surface area contributed by atoms with Crippen molar-refractivity contribution in [1.82, 2.24) is 14.6 Å². The fraction of sp³-hybridized carbons (Fsp3) is 0.167. The molecule has 2 heterocycles. The van der Waals surface area contributed by atoms with Crippen molar-refractivity contribution in [1.29, 1.82) is 0 Å². The standard InChI is InChI=1S/C12H10ClFN4O2S2/c1-6-11(18-12(15-6)21-7(2)16-18)22(19,20)17-10-5-8(13)3-4-9(10)14/h3-5,17H,1-2H3. The van der Waals surface area contributed by atoms with Gasteiger partial charge in [-0.15, -0.1) is 0 Å². The topological polar surface area (TPSA) is 76.4 Å². The molecule has 0 aliphatic carbocycles. The number of aromatic nitrogens is 3. The number of rotatable bonds is 3. The molecule has 0 unspecified atom stereocenters. The maximum atomic E-state index is 13.7. The third kappa shape index (κ3) is 2.55. The van der Waals surface area contributed by atoms with Gasteiger partial charge in [0.1, 0.15) is 10.8 Å². The molecule has 1 N–H and O–H groups in total. The van der Waals surface area contributed by atoms with Crippen LogP contribution in [0.4, 0.5) is 10.1 Å². The van der Waals surface area contributed by atoms with Gasteiger partial charge in [0.05, 0.1) is 11.4 Å². The number of imidazole rings is 1. The second kappa shape index (κ2) is 5.18. The van der Waals surface area contributed by atoms with Crippen LogP contribution in [-0.4, -0.2) is 23.0 Å². The van der Waals surface area contributed by atoms with Crippen LogP contribution in [0, 0.1) is 19.7 Å². The molecule has 0 amide bonds. The zero-order valence-corrected chi connectivity index (χ0v) is 13.9. The van der Waals surface area contributed by atoms with E-state index >= 15 is 0 Å². The fourth-order valence-corrected chi connectivity index (χ4v) is 4.35. The summed E-state index contributed by atoms with van der Waals surface area (Å²) in [5.74, 6) is -0.721. The Bertz CT molecular complexity index is 981. The molecule has 10 heteroatoms. The summed E-state index contributed by atoms with van der Waals surface area (Å²) in [7, 11) is -4.06. The van der Waals surface area contributed by atoms with Gasteiger partial charge in [-0.05, 0) is 32.0 Å². The van der Waals surface area contributed by atoms with E-state index in [-0.39, 0.29) is 21.4 Å². The minimum absolute atomic E-state index is 0.119. The summed E-state index contributed by atoms with van der Waals surface area (Å²) in [5, 5.41) is 4.89. The first-order valence-electron chi connectivity index (χ1n) is 6.08. The Kier molecular flexibility index (Phi) is 3.58. The molecule has 0 saturated carbocycles. The summed E-state index contributed by atoms with van der Waals surface area (Å²) in [6.07, 6.45) is 0. The largest absolute Gasteiger partial charge is 0.281 e. The number of aryl methyl sites for hydroxylation is 2. The molecule has 1 aromatic carbocycles. The second-order valence-corrected chi connectivity index (χ2v) is 7.74. The van der Waals surface area contributed by atoms with Crippen LogP contribution in [0.3, 0.4) is 0 Å². The minimum Gasteiger partial charge on any atom is -0.275 e. The predicted octanol–water partition coefficient (Wildman–Crippen LogP) is 3.00. The zero-order valence-electron chi connectivity index (χ0n) is 11.5.